The first-order valence-electron chi connectivity index (χ1n) is 9.62. The molecule has 3 rings (SSSR count). The molecule has 0 aliphatic rings. The average molecular weight is 421 g/mol. The van der Waals surface area contributed by atoms with Gasteiger partial charge in [0.25, 0.3) is 11.6 Å². The monoisotopic (exact) mass is 421 g/mol. The van der Waals surface area contributed by atoms with E-state index in [2.05, 4.69) is 31.3 Å². The van der Waals surface area contributed by atoms with Crippen molar-refractivity contribution in [3.8, 4) is 17.1 Å². The van der Waals surface area contributed by atoms with Crippen molar-refractivity contribution in [2.75, 3.05) is 6.61 Å². The van der Waals surface area contributed by atoms with Gasteiger partial charge in [-0.3, -0.25) is 14.9 Å². The fourth-order valence-corrected chi connectivity index (χ4v) is 2.75. The number of nitrogens with zero attached hydrogens (tertiary/aromatic N) is 2. The van der Waals surface area contributed by atoms with E-state index in [0.717, 1.165) is 0 Å². The molecule has 0 spiro atoms. The topological polar surface area (TPSA) is 107 Å². The van der Waals surface area contributed by atoms with Crippen LogP contribution in [-0.4, -0.2) is 23.7 Å². The first-order valence-corrected chi connectivity index (χ1v) is 9.62. The Hall–Kier alpha value is -3.94. The minimum absolute atomic E-state index is 0.0237. The number of furan rings is 1. The summed E-state index contributed by atoms with van der Waals surface area (Å²) in [4.78, 5) is 22.3. The number of nitro groups is 1. The SMILES string of the molecule is CC(C)(C)c1ccc(OCC(=O)N/N=C\c2ccc(-c3cccc([N+](=O)[O-])c3)o2)cc1. The molecule has 8 nitrogen and oxygen atoms in total. The van der Waals surface area contributed by atoms with Crippen LogP contribution < -0.4 is 10.2 Å². The number of nitrogens with one attached hydrogen (secondary N) is 1. The number of amides is 1. The first-order chi connectivity index (χ1) is 14.7. The lowest BCUT2D eigenvalue weighted by molar-refractivity contribution is -0.384. The van der Waals surface area contributed by atoms with Crippen LogP contribution in [0.3, 0.4) is 0 Å². The lowest BCUT2D eigenvalue weighted by atomic mass is 9.87. The van der Waals surface area contributed by atoms with E-state index in [9.17, 15) is 14.9 Å². The Balaban J connectivity index is 1.51. The fourth-order valence-electron chi connectivity index (χ4n) is 2.75. The Morgan fingerprint density at radius 3 is 2.58 bits per heavy atom. The summed E-state index contributed by atoms with van der Waals surface area (Å²) in [6.45, 7) is 6.20. The number of hydrazone groups is 1. The van der Waals surface area contributed by atoms with Crippen molar-refractivity contribution in [2.24, 2.45) is 5.10 Å². The summed E-state index contributed by atoms with van der Waals surface area (Å²) in [6, 6.07) is 17.1. The molecule has 0 saturated heterocycles. The molecule has 31 heavy (non-hydrogen) atoms. The zero-order valence-electron chi connectivity index (χ0n) is 17.5. The van der Waals surface area contributed by atoms with Gasteiger partial charge in [-0.2, -0.15) is 5.10 Å². The van der Waals surface area contributed by atoms with Crippen LogP contribution in [0.5, 0.6) is 5.75 Å². The highest BCUT2D eigenvalue weighted by Gasteiger charge is 2.13. The lowest BCUT2D eigenvalue weighted by Crippen LogP contribution is -2.24. The summed E-state index contributed by atoms with van der Waals surface area (Å²) in [5.74, 6) is 1.03. The zero-order chi connectivity index (χ0) is 22.4. The maximum atomic E-state index is 11.9. The van der Waals surface area contributed by atoms with Gasteiger partial charge in [0.2, 0.25) is 0 Å². The Kier molecular flexibility index (Phi) is 6.49. The number of carbonyl (C=O) groups excluding carboxylic acids is 1. The summed E-state index contributed by atoms with van der Waals surface area (Å²) in [5, 5.41) is 14.7. The summed E-state index contributed by atoms with van der Waals surface area (Å²) in [5.41, 5.74) is 4.14. The van der Waals surface area contributed by atoms with Crippen LogP contribution in [0.4, 0.5) is 5.69 Å². The number of rotatable bonds is 7. The van der Waals surface area contributed by atoms with Gasteiger partial charge >= 0.3 is 0 Å². The number of carbonyl (C=O) groups is 1. The van der Waals surface area contributed by atoms with Crippen LogP contribution in [-0.2, 0) is 10.2 Å². The van der Waals surface area contributed by atoms with Crippen LogP contribution >= 0.6 is 0 Å². The van der Waals surface area contributed by atoms with Crippen molar-refractivity contribution in [3.05, 3.63) is 82.1 Å². The van der Waals surface area contributed by atoms with E-state index >= 15 is 0 Å². The van der Waals surface area contributed by atoms with E-state index in [0.29, 0.717) is 22.8 Å². The predicted molar refractivity (Wildman–Crippen MR) is 117 cm³/mol. The molecule has 1 amide bonds. The standard InChI is InChI=1S/C23H23N3O5/c1-23(2,3)17-7-9-19(10-8-17)30-15-22(27)25-24-14-20-11-12-21(31-20)16-5-4-6-18(13-16)26(28)29/h4-14H,15H2,1-3H3,(H,25,27)/b24-14-. The molecule has 0 radical (unpaired) electrons. The maximum Gasteiger partial charge on any atom is 0.277 e. The highest BCUT2D eigenvalue weighted by atomic mass is 16.6. The van der Waals surface area contributed by atoms with Gasteiger partial charge in [0.1, 0.15) is 17.3 Å². The second-order valence-electron chi connectivity index (χ2n) is 7.87. The molecule has 0 aliphatic heterocycles. The first kappa shape index (κ1) is 21.8. The molecule has 1 aromatic heterocycles. The molecule has 0 unspecified atom stereocenters. The van der Waals surface area contributed by atoms with Gasteiger partial charge in [-0.1, -0.05) is 45.0 Å². The molecule has 0 saturated carbocycles. The minimum Gasteiger partial charge on any atom is -0.484 e. The second-order valence-corrected chi connectivity index (χ2v) is 7.87. The number of non-ortho nitro benzene ring substituents is 1. The van der Waals surface area contributed by atoms with Crippen molar-refractivity contribution in [2.45, 2.75) is 26.2 Å². The second kappa shape index (κ2) is 9.25. The van der Waals surface area contributed by atoms with Gasteiger partial charge in [0.05, 0.1) is 11.1 Å². The Morgan fingerprint density at radius 2 is 1.90 bits per heavy atom. The summed E-state index contributed by atoms with van der Waals surface area (Å²) < 4.78 is 11.1. The van der Waals surface area contributed by atoms with Crippen molar-refractivity contribution >= 4 is 17.8 Å². The van der Waals surface area contributed by atoms with E-state index < -0.39 is 10.8 Å². The van der Waals surface area contributed by atoms with E-state index in [-0.39, 0.29) is 17.7 Å². The zero-order valence-corrected chi connectivity index (χ0v) is 17.5. The molecule has 1 heterocycles. The van der Waals surface area contributed by atoms with Crippen LogP contribution in [0.15, 0.2) is 70.2 Å². The number of benzene rings is 2. The van der Waals surface area contributed by atoms with Crippen molar-refractivity contribution in [3.63, 3.8) is 0 Å². The van der Waals surface area contributed by atoms with Gasteiger partial charge < -0.3 is 9.15 Å². The van der Waals surface area contributed by atoms with Gasteiger partial charge in [0.15, 0.2) is 6.61 Å². The highest BCUT2D eigenvalue weighted by molar-refractivity contribution is 5.81. The molecular formula is C23H23N3O5. The predicted octanol–water partition coefficient (Wildman–Crippen LogP) is 4.68. The van der Waals surface area contributed by atoms with Crippen molar-refractivity contribution in [1.82, 2.24) is 5.43 Å². The van der Waals surface area contributed by atoms with Crippen LogP contribution in [0.2, 0.25) is 0 Å². The van der Waals surface area contributed by atoms with Crippen LogP contribution in [0, 0.1) is 10.1 Å². The maximum absolute atomic E-state index is 11.9. The van der Waals surface area contributed by atoms with E-state index in [1.54, 1.807) is 24.3 Å². The molecule has 160 valence electrons. The molecule has 0 fully saturated rings. The van der Waals surface area contributed by atoms with E-state index in [1.807, 2.05) is 24.3 Å². The van der Waals surface area contributed by atoms with E-state index in [4.69, 9.17) is 9.15 Å². The summed E-state index contributed by atoms with van der Waals surface area (Å²) in [7, 11) is 0. The van der Waals surface area contributed by atoms with Crippen LogP contribution in [0.25, 0.3) is 11.3 Å². The van der Waals surface area contributed by atoms with Gasteiger partial charge in [0, 0.05) is 17.7 Å². The van der Waals surface area contributed by atoms with Gasteiger partial charge in [-0.25, -0.2) is 5.43 Å². The fraction of sp³-hybridized carbons (Fsp3) is 0.217. The number of hydrogen-bond acceptors (Lipinski definition) is 6. The quantitative estimate of drug-likeness (QED) is 0.339. The molecule has 8 heteroatoms. The normalized spacial score (nSPS) is 11.5. The molecule has 0 bridgehead atoms. The van der Waals surface area contributed by atoms with Gasteiger partial charge in [-0.15, -0.1) is 0 Å². The van der Waals surface area contributed by atoms with Gasteiger partial charge in [-0.05, 0) is 35.2 Å². The lowest BCUT2D eigenvalue weighted by Gasteiger charge is -2.19. The van der Waals surface area contributed by atoms with Crippen molar-refractivity contribution < 1.29 is 18.9 Å². The third-order valence-corrected chi connectivity index (χ3v) is 4.44. The Labute approximate surface area is 179 Å². The molecule has 1 N–H and O–H groups in total. The average Bonchev–Trinajstić information content (AvgIpc) is 3.21. The summed E-state index contributed by atoms with van der Waals surface area (Å²) in [6.07, 6.45) is 1.34. The van der Waals surface area contributed by atoms with Crippen LogP contribution in [0.1, 0.15) is 32.1 Å². The Bertz CT molecular complexity index is 1090. The Morgan fingerprint density at radius 1 is 1.16 bits per heavy atom. The number of nitro benzene ring substituents is 1. The molecule has 2 aromatic carbocycles. The smallest absolute Gasteiger partial charge is 0.277 e. The van der Waals surface area contributed by atoms with E-state index in [1.165, 1.54) is 23.9 Å². The number of hydrogen-bond donors (Lipinski definition) is 1. The van der Waals surface area contributed by atoms with Crippen molar-refractivity contribution in [1.29, 1.82) is 0 Å². The largest absolute Gasteiger partial charge is 0.484 e. The molecule has 3 aromatic rings. The number of ether oxygens (including phenoxy) is 1. The summed E-state index contributed by atoms with van der Waals surface area (Å²) >= 11 is 0. The highest BCUT2D eigenvalue weighted by Crippen LogP contribution is 2.25. The third kappa shape index (κ3) is 6.02. The third-order valence-electron chi connectivity index (χ3n) is 4.44. The minimum atomic E-state index is -0.467. The molecule has 0 aliphatic carbocycles. The molecular weight excluding hydrogens is 398 g/mol. The molecule has 0 atom stereocenters.